The van der Waals surface area contributed by atoms with E-state index in [0.29, 0.717) is 30.9 Å². The lowest BCUT2D eigenvalue weighted by atomic mass is 10.3. The van der Waals surface area contributed by atoms with E-state index >= 15 is 0 Å². The Bertz CT molecular complexity index is 221. The van der Waals surface area contributed by atoms with Crippen LogP contribution in [0.2, 0.25) is 6.04 Å². The zero-order valence-corrected chi connectivity index (χ0v) is 14.0. The minimum absolute atomic E-state index is 0.00110. The van der Waals surface area contributed by atoms with Crippen LogP contribution in [0.25, 0.3) is 0 Å². The molecule has 0 rings (SSSR count). The summed E-state index contributed by atoms with van der Waals surface area (Å²) in [6.45, 7) is 11.4. The lowest BCUT2D eigenvalue weighted by Crippen LogP contribution is -2.48. The standard InChI is InChI=1S/C12H26O4SSi/c1-6-12(16-11(5)17)10-18(13-7-2,14-8-3)15-9-4/h12H,6-10H2,1-5H3. The van der Waals surface area contributed by atoms with Crippen LogP contribution in [0.5, 0.6) is 0 Å². The van der Waals surface area contributed by atoms with Crippen LogP contribution >= 0.6 is 12.2 Å². The van der Waals surface area contributed by atoms with Gasteiger partial charge in [-0.1, -0.05) is 6.92 Å². The predicted molar refractivity (Wildman–Crippen MR) is 78.9 cm³/mol. The Morgan fingerprint density at radius 2 is 1.44 bits per heavy atom. The first-order valence-electron chi connectivity index (χ1n) is 6.62. The summed E-state index contributed by atoms with van der Waals surface area (Å²) in [4.78, 5) is 0. The van der Waals surface area contributed by atoms with Gasteiger partial charge in [0.05, 0.1) is 6.04 Å². The van der Waals surface area contributed by atoms with Crippen molar-refractivity contribution in [1.82, 2.24) is 0 Å². The van der Waals surface area contributed by atoms with Crippen molar-refractivity contribution in [2.45, 2.75) is 53.2 Å². The zero-order chi connectivity index (χ0) is 14.0. The van der Waals surface area contributed by atoms with Gasteiger partial charge in [-0.05, 0) is 39.4 Å². The first-order valence-corrected chi connectivity index (χ1v) is 8.96. The normalized spacial score (nSPS) is 13.4. The lowest BCUT2D eigenvalue weighted by molar-refractivity contribution is 0.0575. The number of ether oxygens (including phenoxy) is 1. The second-order valence-corrected chi connectivity index (χ2v) is 7.04. The number of hydrogen-bond donors (Lipinski definition) is 0. The van der Waals surface area contributed by atoms with Crippen molar-refractivity contribution < 1.29 is 18.0 Å². The van der Waals surface area contributed by atoms with Crippen LogP contribution in [0.15, 0.2) is 0 Å². The van der Waals surface area contributed by atoms with Gasteiger partial charge in [-0.25, -0.2) is 0 Å². The van der Waals surface area contributed by atoms with E-state index in [0.717, 1.165) is 6.42 Å². The largest absolute Gasteiger partial charge is 0.504 e. The van der Waals surface area contributed by atoms with Gasteiger partial charge < -0.3 is 18.0 Å². The van der Waals surface area contributed by atoms with Crippen molar-refractivity contribution in [3.05, 3.63) is 0 Å². The fourth-order valence-corrected chi connectivity index (χ4v) is 4.73. The van der Waals surface area contributed by atoms with Gasteiger partial charge in [-0.3, -0.25) is 0 Å². The maximum atomic E-state index is 5.80. The molecule has 0 saturated heterocycles. The number of rotatable bonds is 10. The van der Waals surface area contributed by atoms with Crippen molar-refractivity contribution >= 4 is 26.1 Å². The van der Waals surface area contributed by atoms with E-state index in [-0.39, 0.29) is 6.10 Å². The highest BCUT2D eigenvalue weighted by molar-refractivity contribution is 7.80. The van der Waals surface area contributed by atoms with E-state index in [1.807, 2.05) is 20.8 Å². The molecule has 4 nitrogen and oxygen atoms in total. The van der Waals surface area contributed by atoms with Crippen molar-refractivity contribution in [1.29, 1.82) is 0 Å². The van der Waals surface area contributed by atoms with Crippen LogP contribution < -0.4 is 0 Å². The van der Waals surface area contributed by atoms with Crippen LogP contribution in [0.4, 0.5) is 0 Å². The first-order chi connectivity index (χ1) is 8.53. The van der Waals surface area contributed by atoms with Crippen molar-refractivity contribution in [3.8, 4) is 0 Å². The van der Waals surface area contributed by atoms with Crippen LogP contribution in [0.1, 0.15) is 41.0 Å². The van der Waals surface area contributed by atoms with Gasteiger partial charge in [0.2, 0.25) is 0 Å². The van der Waals surface area contributed by atoms with Crippen LogP contribution in [0, 0.1) is 0 Å². The Kier molecular flexibility index (Phi) is 9.85. The highest BCUT2D eigenvalue weighted by atomic mass is 32.1. The summed E-state index contributed by atoms with van der Waals surface area (Å²) in [6, 6.07) is 0.646. The second-order valence-electron chi connectivity index (χ2n) is 3.83. The third-order valence-corrected chi connectivity index (χ3v) is 5.60. The van der Waals surface area contributed by atoms with E-state index in [1.165, 1.54) is 0 Å². The van der Waals surface area contributed by atoms with Crippen molar-refractivity contribution in [2.24, 2.45) is 0 Å². The molecule has 0 N–H and O–H groups in total. The van der Waals surface area contributed by atoms with Gasteiger partial charge in [0, 0.05) is 26.7 Å². The first kappa shape index (κ1) is 18.0. The molecule has 0 radical (unpaired) electrons. The summed E-state index contributed by atoms with van der Waals surface area (Å²) in [5.41, 5.74) is 0. The van der Waals surface area contributed by atoms with Crippen molar-refractivity contribution in [3.63, 3.8) is 0 Å². The Morgan fingerprint density at radius 1 is 1.00 bits per heavy atom. The lowest BCUT2D eigenvalue weighted by Gasteiger charge is -2.31. The third-order valence-electron chi connectivity index (χ3n) is 2.36. The predicted octanol–water partition coefficient (Wildman–Crippen LogP) is 3.18. The third kappa shape index (κ3) is 6.80. The minimum atomic E-state index is -2.63. The van der Waals surface area contributed by atoms with Crippen LogP contribution in [-0.2, 0) is 18.0 Å². The fourth-order valence-electron chi connectivity index (χ4n) is 1.74. The average Bonchev–Trinajstić information content (AvgIpc) is 2.28. The van der Waals surface area contributed by atoms with Gasteiger partial charge in [0.1, 0.15) is 6.10 Å². The van der Waals surface area contributed by atoms with E-state index in [1.54, 1.807) is 6.92 Å². The molecule has 6 heteroatoms. The molecule has 0 aliphatic carbocycles. The molecule has 0 aromatic heterocycles. The molecule has 0 heterocycles. The highest BCUT2D eigenvalue weighted by Gasteiger charge is 2.43. The molecule has 1 atom stereocenters. The molecule has 0 aliphatic rings. The molecule has 18 heavy (non-hydrogen) atoms. The second kappa shape index (κ2) is 9.86. The molecule has 0 saturated carbocycles. The van der Waals surface area contributed by atoms with E-state index in [2.05, 4.69) is 6.92 Å². The summed E-state index contributed by atoms with van der Waals surface area (Å²) in [7, 11) is -2.63. The van der Waals surface area contributed by atoms with Crippen LogP contribution in [-0.4, -0.2) is 39.8 Å². The van der Waals surface area contributed by atoms with E-state index in [4.69, 9.17) is 30.2 Å². The number of hydrogen-bond acceptors (Lipinski definition) is 5. The Labute approximate surface area is 117 Å². The van der Waals surface area contributed by atoms with Gasteiger partial charge in [-0.2, -0.15) is 0 Å². The summed E-state index contributed by atoms with van der Waals surface area (Å²) < 4.78 is 23.0. The molecule has 0 amide bonds. The molecule has 0 aliphatic heterocycles. The molecular formula is C12H26O4SSi. The smallest absolute Gasteiger partial charge is 0.484 e. The van der Waals surface area contributed by atoms with Gasteiger partial charge in [0.25, 0.3) is 0 Å². The molecule has 0 aromatic rings. The SMILES string of the molecule is CCO[Si](CC(CC)OC(C)=S)(OCC)OCC. The van der Waals surface area contributed by atoms with Gasteiger partial charge >= 0.3 is 8.80 Å². The quantitative estimate of drug-likeness (QED) is 0.457. The summed E-state index contributed by atoms with van der Waals surface area (Å²) in [6.07, 6.45) is 0.856. The molecular weight excluding hydrogens is 268 g/mol. The topological polar surface area (TPSA) is 36.9 Å². The fraction of sp³-hybridized carbons (Fsp3) is 0.917. The summed E-state index contributed by atoms with van der Waals surface area (Å²) >= 11 is 4.99. The minimum Gasteiger partial charge on any atom is -0.484 e. The van der Waals surface area contributed by atoms with Gasteiger partial charge in [0.15, 0.2) is 5.05 Å². The Morgan fingerprint density at radius 3 is 1.72 bits per heavy atom. The Hall–Kier alpha value is -0.0131. The highest BCUT2D eigenvalue weighted by Crippen LogP contribution is 2.21. The summed E-state index contributed by atoms with van der Waals surface area (Å²) in [5, 5.41) is 0.550. The Balaban J connectivity index is 4.74. The summed E-state index contributed by atoms with van der Waals surface area (Å²) in [5.74, 6) is 0. The van der Waals surface area contributed by atoms with E-state index in [9.17, 15) is 0 Å². The number of thiocarbonyl (C=S) groups is 1. The van der Waals surface area contributed by atoms with E-state index < -0.39 is 8.80 Å². The maximum absolute atomic E-state index is 5.80. The zero-order valence-electron chi connectivity index (χ0n) is 12.2. The average molecular weight is 294 g/mol. The van der Waals surface area contributed by atoms with Gasteiger partial charge in [-0.15, -0.1) is 0 Å². The molecule has 0 aromatic carbocycles. The molecule has 0 spiro atoms. The molecule has 0 fully saturated rings. The molecule has 108 valence electrons. The van der Waals surface area contributed by atoms with Crippen LogP contribution in [0.3, 0.4) is 0 Å². The molecule has 1 unspecified atom stereocenters. The van der Waals surface area contributed by atoms with Crippen molar-refractivity contribution in [2.75, 3.05) is 19.8 Å². The monoisotopic (exact) mass is 294 g/mol. The maximum Gasteiger partial charge on any atom is 0.504 e. The molecule has 0 bridgehead atoms.